The third kappa shape index (κ3) is 4.73. The van der Waals surface area contributed by atoms with Gasteiger partial charge in [0.25, 0.3) is 5.91 Å². The Labute approximate surface area is 174 Å². The van der Waals surface area contributed by atoms with Crippen LogP contribution in [0.1, 0.15) is 37.0 Å². The molecule has 3 aromatic rings. The SMILES string of the molecule is CC(C)Oc1ccc(C(=O)N2CCC(Oc3ccc(-n4cccn4)nn3)CC2)cn1. The molecule has 0 aromatic carbocycles. The van der Waals surface area contributed by atoms with E-state index in [-0.39, 0.29) is 18.1 Å². The van der Waals surface area contributed by atoms with Gasteiger partial charge in [-0.15, -0.1) is 10.2 Å². The molecule has 1 aliphatic heterocycles. The molecule has 0 radical (unpaired) electrons. The van der Waals surface area contributed by atoms with Crippen LogP contribution in [0.5, 0.6) is 11.8 Å². The maximum atomic E-state index is 12.7. The molecule has 156 valence electrons. The second-order valence-electron chi connectivity index (χ2n) is 7.34. The first-order chi connectivity index (χ1) is 14.6. The average Bonchev–Trinajstić information content (AvgIpc) is 3.29. The fourth-order valence-corrected chi connectivity index (χ4v) is 3.25. The summed E-state index contributed by atoms with van der Waals surface area (Å²) in [6, 6.07) is 8.91. The molecule has 1 amide bonds. The first-order valence-corrected chi connectivity index (χ1v) is 10.0. The van der Waals surface area contributed by atoms with Crippen LogP contribution in [0.2, 0.25) is 0 Å². The minimum Gasteiger partial charge on any atom is -0.475 e. The molecule has 1 saturated heterocycles. The molecule has 0 N–H and O–H groups in total. The van der Waals surface area contributed by atoms with Crippen molar-refractivity contribution in [1.29, 1.82) is 0 Å². The van der Waals surface area contributed by atoms with Gasteiger partial charge in [-0.1, -0.05) is 0 Å². The summed E-state index contributed by atoms with van der Waals surface area (Å²) in [4.78, 5) is 18.8. The molecule has 9 heteroatoms. The Kier molecular flexibility index (Phi) is 5.87. The number of likely N-dealkylation sites (tertiary alicyclic amines) is 1. The fraction of sp³-hybridized carbons (Fsp3) is 0.381. The zero-order chi connectivity index (χ0) is 20.9. The summed E-state index contributed by atoms with van der Waals surface area (Å²) in [6.07, 6.45) is 6.57. The Hall–Kier alpha value is -3.49. The van der Waals surface area contributed by atoms with Crippen LogP contribution in [-0.4, -0.2) is 61.1 Å². The van der Waals surface area contributed by atoms with E-state index < -0.39 is 0 Å². The van der Waals surface area contributed by atoms with Crippen LogP contribution in [0, 0.1) is 0 Å². The number of aromatic nitrogens is 5. The van der Waals surface area contributed by atoms with Crippen molar-refractivity contribution >= 4 is 5.91 Å². The molecule has 0 unspecified atom stereocenters. The van der Waals surface area contributed by atoms with Crippen molar-refractivity contribution in [1.82, 2.24) is 29.9 Å². The number of pyridine rings is 1. The summed E-state index contributed by atoms with van der Waals surface area (Å²) < 4.78 is 13.1. The Bertz CT molecular complexity index is 949. The highest BCUT2D eigenvalue weighted by Crippen LogP contribution is 2.19. The van der Waals surface area contributed by atoms with Crippen LogP contribution in [0.4, 0.5) is 0 Å². The van der Waals surface area contributed by atoms with Crippen molar-refractivity contribution in [3.05, 3.63) is 54.5 Å². The van der Waals surface area contributed by atoms with E-state index in [0.29, 0.717) is 36.2 Å². The van der Waals surface area contributed by atoms with Crippen molar-refractivity contribution in [3.63, 3.8) is 0 Å². The molecule has 4 rings (SSSR count). The maximum absolute atomic E-state index is 12.7. The molecule has 0 bridgehead atoms. The van der Waals surface area contributed by atoms with E-state index in [0.717, 1.165) is 12.8 Å². The van der Waals surface area contributed by atoms with Gasteiger partial charge in [-0.25, -0.2) is 9.67 Å². The molecular formula is C21H24N6O3. The van der Waals surface area contributed by atoms with Crippen LogP contribution in [0.25, 0.3) is 5.82 Å². The van der Waals surface area contributed by atoms with Crippen LogP contribution in [0.3, 0.4) is 0 Å². The molecule has 0 atom stereocenters. The van der Waals surface area contributed by atoms with E-state index in [9.17, 15) is 4.79 Å². The highest BCUT2D eigenvalue weighted by atomic mass is 16.5. The Morgan fingerprint density at radius 3 is 2.50 bits per heavy atom. The van der Waals surface area contributed by atoms with Gasteiger partial charge in [-0.2, -0.15) is 5.10 Å². The minimum atomic E-state index is -0.0274. The second kappa shape index (κ2) is 8.89. The lowest BCUT2D eigenvalue weighted by Crippen LogP contribution is -2.41. The molecule has 0 aliphatic carbocycles. The number of piperidine rings is 1. The minimum absolute atomic E-state index is 0.00107. The molecule has 1 aliphatic rings. The van der Waals surface area contributed by atoms with Gasteiger partial charge in [-0.05, 0) is 32.0 Å². The molecule has 1 fully saturated rings. The monoisotopic (exact) mass is 408 g/mol. The predicted molar refractivity (Wildman–Crippen MR) is 109 cm³/mol. The van der Waals surface area contributed by atoms with E-state index in [1.165, 1.54) is 0 Å². The Morgan fingerprint density at radius 1 is 1.10 bits per heavy atom. The number of rotatable bonds is 6. The Balaban J connectivity index is 1.28. The molecule has 4 heterocycles. The van der Waals surface area contributed by atoms with Crippen LogP contribution < -0.4 is 9.47 Å². The van der Waals surface area contributed by atoms with E-state index in [2.05, 4.69) is 20.3 Å². The summed E-state index contributed by atoms with van der Waals surface area (Å²) >= 11 is 0. The first kappa shape index (κ1) is 19.8. The molecule has 3 aromatic heterocycles. The fourth-order valence-electron chi connectivity index (χ4n) is 3.25. The standard InChI is InChI=1S/C21H24N6O3/c1-15(2)29-19-6-4-16(14-22-19)21(28)26-12-8-17(9-13-26)30-20-7-5-18(24-25-20)27-11-3-10-23-27/h3-7,10-11,14-15,17H,8-9,12-13H2,1-2H3. The quantitative estimate of drug-likeness (QED) is 0.618. The Morgan fingerprint density at radius 2 is 1.90 bits per heavy atom. The summed E-state index contributed by atoms with van der Waals surface area (Å²) in [5.41, 5.74) is 0.561. The van der Waals surface area contributed by atoms with Crippen LogP contribution in [0.15, 0.2) is 48.9 Å². The average molecular weight is 408 g/mol. The number of carbonyl (C=O) groups excluding carboxylic acids is 1. The molecule has 30 heavy (non-hydrogen) atoms. The first-order valence-electron chi connectivity index (χ1n) is 10.0. The van der Waals surface area contributed by atoms with Gasteiger partial charge in [0, 0.05) is 56.7 Å². The number of carbonyl (C=O) groups is 1. The molecular weight excluding hydrogens is 384 g/mol. The lowest BCUT2D eigenvalue weighted by molar-refractivity contribution is 0.0585. The zero-order valence-corrected chi connectivity index (χ0v) is 17.0. The van der Waals surface area contributed by atoms with Gasteiger partial charge < -0.3 is 14.4 Å². The van der Waals surface area contributed by atoms with Crippen molar-refractivity contribution < 1.29 is 14.3 Å². The maximum Gasteiger partial charge on any atom is 0.255 e. The lowest BCUT2D eigenvalue weighted by atomic mass is 10.1. The third-order valence-corrected chi connectivity index (χ3v) is 4.72. The normalized spacial score (nSPS) is 14.7. The van der Waals surface area contributed by atoms with E-state index in [4.69, 9.17) is 9.47 Å². The van der Waals surface area contributed by atoms with E-state index in [1.807, 2.05) is 30.9 Å². The number of hydrogen-bond acceptors (Lipinski definition) is 7. The van der Waals surface area contributed by atoms with E-state index >= 15 is 0 Å². The van der Waals surface area contributed by atoms with Crippen molar-refractivity contribution in [3.8, 4) is 17.6 Å². The van der Waals surface area contributed by atoms with Gasteiger partial charge in [0.05, 0.1) is 11.7 Å². The summed E-state index contributed by atoms with van der Waals surface area (Å²) in [6.45, 7) is 5.11. The highest BCUT2D eigenvalue weighted by molar-refractivity contribution is 5.94. The molecule has 0 saturated carbocycles. The summed E-state index contributed by atoms with van der Waals surface area (Å²) in [5, 5.41) is 12.4. The number of hydrogen-bond donors (Lipinski definition) is 0. The summed E-state index contributed by atoms with van der Waals surface area (Å²) in [7, 11) is 0. The molecule has 9 nitrogen and oxygen atoms in total. The summed E-state index contributed by atoms with van der Waals surface area (Å²) in [5.74, 6) is 1.60. The topological polar surface area (TPSA) is 95.3 Å². The van der Waals surface area contributed by atoms with Gasteiger partial charge >= 0.3 is 0 Å². The van der Waals surface area contributed by atoms with Crippen LogP contribution in [-0.2, 0) is 0 Å². The van der Waals surface area contributed by atoms with Crippen molar-refractivity contribution in [2.24, 2.45) is 0 Å². The van der Waals surface area contributed by atoms with E-state index in [1.54, 1.807) is 41.5 Å². The van der Waals surface area contributed by atoms with Gasteiger partial charge in [0.2, 0.25) is 11.8 Å². The van der Waals surface area contributed by atoms with Gasteiger partial charge in [-0.3, -0.25) is 4.79 Å². The van der Waals surface area contributed by atoms with Gasteiger partial charge in [0.1, 0.15) is 6.10 Å². The van der Waals surface area contributed by atoms with Crippen molar-refractivity contribution in [2.45, 2.75) is 38.9 Å². The smallest absolute Gasteiger partial charge is 0.255 e. The second-order valence-corrected chi connectivity index (χ2v) is 7.34. The number of amides is 1. The van der Waals surface area contributed by atoms with Gasteiger partial charge in [0.15, 0.2) is 5.82 Å². The number of nitrogens with zero attached hydrogens (tertiary/aromatic N) is 6. The number of ether oxygens (including phenoxy) is 2. The lowest BCUT2D eigenvalue weighted by Gasteiger charge is -2.31. The third-order valence-electron chi connectivity index (χ3n) is 4.72. The predicted octanol–water partition coefficient (Wildman–Crippen LogP) is 2.53. The largest absolute Gasteiger partial charge is 0.475 e. The van der Waals surface area contributed by atoms with Crippen molar-refractivity contribution in [2.75, 3.05) is 13.1 Å². The van der Waals surface area contributed by atoms with Crippen LogP contribution >= 0.6 is 0 Å². The zero-order valence-electron chi connectivity index (χ0n) is 17.0. The highest BCUT2D eigenvalue weighted by Gasteiger charge is 2.25. The molecule has 0 spiro atoms.